The highest BCUT2D eigenvalue weighted by molar-refractivity contribution is 9.09. The average Bonchev–Trinajstić information content (AvgIpc) is 2.75. The summed E-state index contributed by atoms with van der Waals surface area (Å²) in [6, 6.07) is 12.2. The van der Waals surface area contributed by atoms with Crippen LogP contribution < -0.4 is 19.6 Å². The number of unbranched alkanes of at least 4 members (excludes halogenated alkanes) is 1. The molecular formula is C22H23BrO6. The van der Waals surface area contributed by atoms with E-state index < -0.39 is 0 Å². The fraction of sp³-hybridized carbons (Fsp3) is 0.318. The van der Waals surface area contributed by atoms with Crippen LogP contribution in [0.5, 0.6) is 17.2 Å². The monoisotopic (exact) mass is 462 g/mol. The van der Waals surface area contributed by atoms with Gasteiger partial charge in [0.05, 0.1) is 19.1 Å². The van der Waals surface area contributed by atoms with Gasteiger partial charge in [0, 0.05) is 24.1 Å². The van der Waals surface area contributed by atoms with Gasteiger partial charge in [-0.15, -0.1) is 0 Å². The van der Waals surface area contributed by atoms with Crippen molar-refractivity contribution in [2.75, 3.05) is 32.9 Å². The van der Waals surface area contributed by atoms with E-state index in [1.807, 2.05) is 24.3 Å². The Labute approximate surface area is 177 Å². The first-order valence-corrected chi connectivity index (χ1v) is 10.4. The van der Waals surface area contributed by atoms with Gasteiger partial charge < -0.3 is 23.4 Å². The zero-order valence-electron chi connectivity index (χ0n) is 16.4. The molecular weight excluding hydrogens is 440 g/mol. The van der Waals surface area contributed by atoms with E-state index in [9.17, 15) is 4.79 Å². The summed E-state index contributed by atoms with van der Waals surface area (Å²) in [5, 5.41) is 1.39. The van der Waals surface area contributed by atoms with Gasteiger partial charge in [-0.1, -0.05) is 15.9 Å². The molecule has 3 rings (SSSR count). The Bertz CT molecular complexity index is 997. The number of alkyl halides is 1. The van der Waals surface area contributed by atoms with Gasteiger partial charge in [0.15, 0.2) is 23.6 Å². The van der Waals surface area contributed by atoms with E-state index in [1.165, 1.54) is 20.3 Å². The average molecular weight is 463 g/mol. The third-order valence-electron chi connectivity index (χ3n) is 4.29. The molecule has 0 saturated heterocycles. The number of benzene rings is 2. The van der Waals surface area contributed by atoms with E-state index in [1.54, 1.807) is 12.1 Å². The largest absolute Gasteiger partial charge is 0.494 e. The minimum Gasteiger partial charge on any atom is -0.494 e. The molecule has 154 valence electrons. The van der Waals surface area contributed by atoms with Crippen LogP contribution in [-0.4, -0.2) is 32.9 Å². The molecule has 0 fully saturated rings. The van der Waals surface area contributed by atoms with Crippen LogP contribution in [0.25, 0.3) is 22.3 Å². The molecule has 6 nitrogen and oxygen atoms in total. The number of halogens is 1. The van der Waals surface area contributed by atoms with Crippen LogP contribution in [0, 0.1) is 0 Å². The Balaban J connectivity index is 1.92. The van der Waals surface area contributed by atoms with E-state index >= 15 is 0 Å². The van der Waals surface area contributed by atoms with Crippen molar-refractivity contribution in [3.8, 4) is 28.6 Å². The maximum Gasteiger partial charge on any atom is 0.204 e. The van der Waals surface area contributed by atoms with E-state index in [0.29, 0.717) is 34.8 Å². The molecule has 29 heavy (non-hydrogen) atoms. The van der Waals surface area contributed by atoms with Crippen molar-refractivity contribution in [2.24, 2.45) is 0 Å². The molecule has 0 aliphatic heterocycles. The molecule has 2 aromatic carbocycles. The Morgan fingerprint density at radius 2 is 1.79 bits per heavy atom. The summed E-state index contributed by atoms with van der Waals surface area (Å²) in [6.45, 7) is 0.723. The van der Waals surface area contributed by atoms with Gasteiger partial charge in [0.2, 0.25) is 5.75 Å². The minimum atomic E-state index is -0.159. The smallest absolute Gasteiger partial charge is 0.204 e. The maximum atomic E-state index is 12.6. The molecule has 0 unspecified atom stereocenters. The van der Waals surface area contributed by atoms with Gasteiger partial charge in [0.1, 0.15) is 11.5 Å². The van der Waals surface area contributed by atoms with Crippen molar-refractivity contribution in [1.29, 1.82) is 0 Å². The summed E-state index contributed by atoms with van der Waals surface area (Å²) in [5.41, 5.74) is 0.939. The molecule has 3 aromatic rings. The van der Waals surface area contributed by atoms with Crippen LogP contribution in [0.1, 0.15) is 12.8 Å². The highest BCUT2D eigenvalue weighted by atomic mass is 79.9. The molecule has 0 bridgehead atoms. The van der Waals surface area contributed by atoms with Crippen LogP contribution in [0.15, 0.2) is 51.7 Å². The second kappa shape index (κ2) is 10.3. The quantitative estimate of drug-likeness (QED) is 0.239. The lowest BCUT2D eigenvalue weighted by Crippen LogP contribution is -2.04. The van der Waals surface area contributed by atoms with Crippen molar-refractivity contribution < 1.29 is 23.4 Å². The van der Waals surface area contributed by atoms with E-state index in [0.717, 1.165) is 29.5 Å². The van der Waals surface area contributed by atoms with E-state index in [-0.39, 0.29) is 12.2 Å². The number of fused-ring (bicyclic) bond motifs is 1. The number of hydrogen-bond acceptors (Lipinski definition) is 6. The third-order valence-corrected chi connectivity index (χ3v) is 4.85. The summed E-state index contributed by atoms with van der Waals surface area (Å²) >= 11 is 3.41. The zero-order valence-corrected chi connectivity index (χ0v) is 18.0. The lowest BCUT2D eigenvalue weighted by molar-refractivity contribution is 0.0492. The second-order valence-electron chi connectivity index (χ2n) is 6.27. The first-order chi connectivity index (χ1) is 14.2. The molecule has 0 amide bonds. The minimum absolute atomic E-state index is 0.0584. The van der Waals surface area contributed by atoms with E-state index in [4.69, 9.17) is 23.4 Å². The van der Waals surface area contributed by atoms with Gasteiger partial charge >= 0.3 is 0 Å². The standard InChI is InChI=1S/C22H23BrO6/c1-25-14-28-19-10-9-17-18(24)13-20(29-21(17)22(19)26-2)15-5-7-16(8-6-15)27-12-4-3-11-23/h5-10,13H,3-4,11-12,14H2,1-2H3. The molecule has 0 spiro atoms. The van der Waals surface area contributed by atoms with Crippen molar-refractivity contribution in [2.45, 2.75) is 12.8 Å². The van der Waals surface area contributed by atoms with Crippen LogP contribution >= 0.6 is 15.9 Å². The van der Waals surface area contributed by atoms with Gasteiger partial charge in [-0.05, 0) is 49.2 Å². The molecule has 0 saturated carbocycles. The summed E-state index contributed by atoms with van der Waals surface area (Å²) in [6.07, 6.45) is 2.05. The van der Waals surface area contributed by atoms with Crippen molar-refractivity contribution in [3.63, 3.8) is 0 Å². The molecule has 0 atom stereocenters. The molecule has 1 heterocycles. The molecule has 1 aromatic heterocycles. The topological polar surface area (TPSA) is 67.1 Å². The maximum absolute atomic E-state index is 12.6. The first-order valence-electron chi connectivity index (χ1n) is 9.23. The summed E-state index contributed by atoms with van der Waals surface area (Å²) in [5.74, 6) is 2.01. The summed E-state index contributed by atoms with van der Waals surface area (Å²) in [4.78, 5) is 12.6. The number of hydrogen-bond donors (Lipinski definition) is 0. The Hall–Kier alpha value is -2.51. The molecule has 0 aliphatic rings. The lowest BCUT2D eigenvalue weighted by atomic mass is 10.1. The van der Waals surface area contributed by atoms with Gasteiger partial charge in [-0.2, -0.15) is 0 Å². The highest BCUT2D eigenvalue weighted by Crippen LogP contribution is 2.36. The predicted octanol–water partition coefficient (Wildman–Crippen LogP) is 5.01. The van der Waals surface area contributed by atoms with Gasteiger partial charge in [-0.25, -0.2) is 0 Å². The lowest BCUT2D eigenvalue weighted by Gasteiger charge is -2.12. The Morgan fingerprint density at radius 1 is 1.00 bits per heavy atom. The normalized spacial score (nSPS) is 10.9. The third kappa shape index (κ3) is 5.10. The van der Waals surface area contributed by atoms with Crippen LogP contribution in [0.4, 0.5) is 0 Å². The fourth-order valence-corrected chi connectivity index (χ4v) is 3.25. The van der Waals surface area contributed by atoms with Crippen LogP contribution in [0.2, 0.25) is 0 Å². The Morgan fingerprint density at radius 3 is 2.48 bits per heavy atom. The predicted molar refractivity (Wildman–Crippen MR) is 115 cm³/mol. The first kappa shape index (κ1) is 21.2. The molecule has 0 aliphatic carbocycles. The summed E-state index contributed by atoms with van der Waals surface area (Å²) < 4.78 is 27.7. The summed E-state index contributed by atoms with van der Waals surface area (Å²) in [7, 11) is 3.03. The number of ether oxygens (including phenoxy) is 4. The molecule has 7 heteroatoms. The van der Waals surface area contributed by atoms with Crippen LogP contribution in [0.3, 0.4) is 0 Å². The zero-order chi connectivity index (χ0) is 20.6. The molecule has 0 N–H and O–H groups in total. The number of rotatable bonds is 10. The second-order valence-corrected chi connectivity index (χ2v) is 7.06. The molecule has 0 radical (unpaired) electrons. The van der Waals surface area contributed by atoms with E-state index in [2.05, 4.69) is 15.9 Å². The van der Waals surface area contributed by atoms with Crippen molar-refractivity contribution in [1.82, 2.24) is 0 Å². The number of methoxy groups -OCH3 is 2. The van der Waals surface area contributed by atoms with Gasteiger partial charge in [0.25, 0.3) is 0 Å². The SMILES string of the molecule is COCOc1ccc2c(=O)cc(-c3ccc(OCCCCBr)cc3)oc2c1OC. The van der Waals surface area contributed by atoms with Crippen molar-refractivity contribution in [3.05, 3.63) is 52.7 Å². The highest BCUT2D eigenvalue weighted by Gasteiger charge is 2.16. The fourth-order valence-electron chi connectivity index (χ4n) is 2.85. The van der Waals surface area contributed by atoms with Gasteiger partial charge in [-0.3, -0.25) is 4.79 Å². The van der Waals surface area contributed by atoms with Crippen LogP contribution in [-0.2, 0) is 4.74 Å². The van der Waals surface area contributed by atoms with Crippen molar-refractivity contribution >= 4 is 26.9 Å². The Kier molecular flexibility index (Phi) is 7.55.